The zero-order valence-electron chi connectivity index (χ0n) is 10.2. The van der Waals surface area contributed by atoms with Gasteiger partial charge in [0.25, 0.3) is 5.69 Å². The number of carbonyl (C=O) groups excluding carboxylic acids is 1. The Bertz CT molecular complexity index is 501. The summed E-state index contributed by atoms with van der Waals surface area (Å²) in [5.74, 6) is -1.47. The lowest BCUT2D eigenvalue weighted by Crippen LogP contribution is -2.37. The molecule has 1 aromatic carbocycles. The molecule has 1 amide bonds. The van der Waals surface area contributed by atoms with Gasteiger partial charge in [0.05, 0.1) is 10.8 Å². The summed E-state index contributed by atoms with van der Waals surface area (Å²) in [6.45, 7) is 1.36. The second-order valence-electron chi connectivity index (χ2n) is 4.42. The molecule has 1 saturated heterocycles. The van der Waals surface area contributed by atoms with E-state index in [1.165, 1.54) is 6.07 Å². The third kappa shape index (κ3) is 3.05. The van der Waals surface area contributed by atoms with E-state index in [-0.39, 0.29) is 17.5 Å². The molecular formula is C12H14FN3O3. The van der Waals surface area contributed by atoms with Gasteiger partial charge in [0.2, 0.25) is 5.91 Å². The van der Waals surface area contributed by atoms with Crippen LogP contribution in [-0.4, -0.2) is 23.9 Å². The lowest BCUT2D eigenvalue weighted by atomic mass is 9.98. The number of benzene rings is 1. The zero-order valence-corrected chi connectivity index (χ0v) is 10.2. The van der Waals surface area contributed by atoms with Gasteiger partial charge in [-0.25, -0.2) is 4.39 Å². The Hall–Kier alpha value is -2.02. The highest BCUT2D eigenvalue weighted by molar-refractivity contribution is 5.95. The van der Waals surface area contributed by atoms with Crippen LogP contribution in [0.3, 0.4) is 0 Å². The largest absolute Gasteiger partial charge is 0.318 e. The average molecular weight is 267 g/mol. The van der Waals surface area contributed by atoms with Crippen molar-refractivity contribution in [3.63, 3.8) is 0 Å². The minimum absolute atomic E-state index is 0.284. The number of nitro groups is 1. The summed E-state index contributed by atoms with van der Waals surface area (Å²) < 4.78 is 13.6. The number of para-hydroxylation sites is 1. The van der Waals surface area contributed by atoms with Crippen LogP contribution in [0.5, 0.6) is 0 Å². The Labute approximate surface area is 109 Å². The van der Waals surface area contributed by atoms with E-state index in [1.807, 2.05) is 0 Å². The molecule has 0 saturated carbocycles. The van der Waals surface area contributed by atoms with E-state index in [4.69, 9.17) is 0 Å². The second-order valence-corrected chi connectivity index (χ2v) is 4.42. The first-order chi connectivity index (χ1) is 9.09. The van der Waals surface area contributed by atoms with Gasteiger partial charge in [-0.05, 0) is 25.5 Å². The van der Waals surface area contributed by atoms with Crippen LogP contribution in [0.4, 0.5) is 15.8 Å². The van der Waals surface area contributed by atoms with E-state index in [2.05, 4.69) is 10.6 Å². The van der Waals surface area contributed by atoms with Gasteiger partial charge in [0, 0.05) is 12.6 Å². The van der Waals surface area contributed by atoms with Crippen molar-refractivity contribution in [3.05, 3.63) is 34.1 Å². The summed E-state index contributed by atoms with van der Waals surface area (Å²) in [7, 11) is 0. The minimum Gasteiger partial charge on any atom is -0.318 e. The molecule has 2 rings (SSSR count). The number of nitrogens with zero attached hydrogens (tertiary/aromatic N) is 1. The number of hydrogen-bond donors (Lipinski definition) is 2. The van der Waals surface area contributed by atoms with Crippen LogP contribution in [0.25, 0.3) is 0 Å². The van der Waals surface area contributed by atoms with E-state index in [1.54, 1.807) is 0 Å². The van der Waals surface area contributed by atoms with Crippen LogP contribution >= 0.6 is 0 Å². The SMILES string of the molecule is O=C(Nc1c(F)cccc1[N+](=O)[O-])[C@H]1CCCNC1. The molecule has 0 radical (unpaired) electrons. The van der Waals surface area contributed by atoms with E-state index < -0.39 is 16.4 Å². The molecule has 1 aliphatic rings. The number of rotatable bonds is 3. The maximum absolute atomic E-state index is 13.6. The number of anilines is 1. The molecule has 0 bridgehead atoms. The van der Waals surface area contributed by atoms with Crippen LogP contribution in [0.2, 0.25) is 0 Å². The third-order valence-electron chi connectivity index (χ3n) is 3.10. The number of piperidine rings is 1. The first kappa shape index (κ1) is 13.4. The van der Waals surface area contributed by atoms with Crippen molar-refractivity contribution in [2.24, 2.45) is 5.92 Å². The maximum Gasteiger partial charge on any atom is 0.295 e. The smallest absolute Gasteiger partial charge is 0.295 e. The number of hydrogen-bond acceptors (Lipinski definition) is 4. The lowest BCUT2D eigenvalue weighted by molar-refractivity contribution is -0.384. The number of amides is 1. The van der Waals surface area contributed by atoms with Gasteiger partial charge in [0.15, 0.2) is 11.5 Å². The van der Waals surface area contributed by atoms with E-state index >= 15 is 0 Å². The highest BCUT2D eigenvalue weighted by atomic mass is 19.1. The molecule has 1 atom stereocenters. The minimum atomic E-state index is -0.800. The predicted octanol–water partition coefficient (Wildman–Crippen LogP) is 1.67. The highest BCUT2D eigenvalue weighted by Crippen LogP contribution is 2.27. The number of carbonyl (C=O) groups is 1. The zero-order chi connectivity index (χ0) is 13.8. The first-order valence-electron chi connectivity index (χ1n) is 6.04. The molecule has 102 valence electrons. The van der Waals surface area contributed by atoms with Gasteiger partial charge in [0.1, 0.15) is 0 Å². The number of halogens is 1. The molecule has 1 fully saturated rings. The fourth-order valence-electron chi connectivity index (χ4n) is 2.09. The molecular weight excluding hydrogens is 253 g/mol. The molecule has 7 heteroatoms. The molecule has 0 unspecified atom stereocenters. The molecule has 1 aliphatic heterocycles. The van der Waals surface area contributed by atoms with Crippen molar-refractivity contribution in [1.82, 2.24) is 5.32 Å². The lowest BCUT2D eigenvalue weighted by Gasteiger charge is -2.21. The molecule has 2 N–H and O–H groups in total. The number of nitrogens with one attached hydrogen (secondary N) is 2. The maximum atomic E-state index is 13.6. The molecule has 1 aromatic rings. The summed E-state index contributed by atoms with van der Waals surface area (Å²) in [5.41, 5.74) is -0.791. The van der Waals surface area contributed by atoms with Gasteiger partial charge >= 0.3 is 0 Å². The molecule has 0 spiro atoms. The monoisotopic (exact) mass is 267 g/mol. The Morgan fingerprint density at radius 1 is 1.53 bits per heavy atom. The molecule has 0 aliphatic carbocycles. The molecule has 1 heterocycles. The summed E-state index contributed by atoms with van der Waals surface area (Å²) in [6.07, 6.45) is 1.55. The van der Waals surface area contributed by atoms with Gasteiger partial charge in [-0.3, -0.25) is 14.9 Å². The molecule has 0 aromatic heterocycles. The quantitative estimate of drug-likeness (QED) is 0.644. The van der Waals surface area contributed by atoms with Gasteiger partial charge < -0.3 is 10.6 Å². The fourth-order valence-corrected chi connectivity index (χ4v) is 2.09. The highest BCUT2D eigenvalue weighted by Gasteiger charge is 2.25. The third-order valence-corrected chi connectivity index (χ3v) is 3.10. The summed E-state index contributed by atoms with van der Waals surface area (Å²) in [4.78, 5) is 22.1. The van der Waals surface area contributed by atoms with E-state index in [0.29, 0.717) is 13.0 Å². The fraction of sp³-hybridized carbons (Fsp3) is 0.417. The predicted molar refractivity (Wildman–Crippen MR) is 67.3 cm³/mol. The first-order valence-corrected chi connectivity index (χ1v) is 6.04. The van der Waals surface area contributed by atoms with Crippen molar-refractivity contribution in [1.29, 1.82) is 0 Å². The van der Waals surface area contributed by atoms with Gasteiger partial charge in [-0.15, -0.1) is 0 Å². The second kappa shape index (κ2) is 5.75. The van der Waals surface area contributed by atoms with Crippen LogP contribution in [-0.2, 0) is 4.79 Å². The summed E-state index contributed by atoms with van der Waals surface area (Å²) in [6, 6.07) is 3.49. The van der Waals surface area contributed by atoms with Crippen molar-refractivity contribution in [2.75, 3.05) is 18.4 Å². The topological polar surface area (TPSA) is 84.3 Å². The summed E-state index contributed by atoms with van der Waals surface area (Å²) >= 11 is 0. The standard InChI is InChI=1S/C12H14FN3O3/c13-9-4-1-5-10(16(18)19)11(9)15-12(17)8-3-2-6-14-7-8/h1,4-5,8,14H,2-3,6-7H2,(H,15,17)/t8-/m0/s1. The van der Waals surface area contributed by atoms with E-state index in [9.17, 15) is 19.3 Å². The van der Waals surface area contributed by atoms with Crippen molar-refractivity contribution >= 4 is 17.3 Å². The summed E-state index contributed by atoms with van der Waals surface area (Å²) in [5, 5.41) is 16.2. The Balaban J connectivity index is 2.18. The molecule has 6 nitrogen and oxygen atoms in total. The average Bonchev–Trinajstić information content (AvgIpc) is 2.41. The van der Waals surface area contributed by atoms with Crippen molar-refractivity contribution in [2.45, 2.75) is 12.8 Å². The van der Waals surface area contributed by atoms with E-state index in [0.717, 1.165) is 25.1 Å². The van der Waals surface area contributed by atoms with Crippen LogP contribution < -0.4 is 10.6 Å². The van der Waals surface area contributed by atoms with Crippen molar-refractivity contribution in [3.8, 4) is 0 Å². The Morgan fingerprint density at radius 2 is 2.32 bits per heavy atom. The van der Waals surface area contributed by atoms with Crippen LogP contribution in [0.15, 0.2) is 18.2 Å². The molecule has 19 heavy (non-hydrogen) atoms. The normalized spacial score (nSPS) is 18.9. The van der Waals surface area contributed by atoms with Crippen molar-refractivity contribution < 1.29 is 14.1 Å². The Morgan fingerprint density at radius 3 is 2.95 bits per heavy atom. The van der Waals surface area contributed by atoms with Crippen LogP contribution in [0, 0.1) is 21.8 Å². The van der Waals surface area contributed by atoms with Gasteiger partial charge in [-0.2, -0.15) is 0 Å². The number of nitro benzene ring substituents is 1. The Kier molecular flexibility index (Phi) is 4.06. The van der Waals surface area contributed by atoms with Crippen LogP contribution in [0.1, 0.15) is 12.8 Å². The van der Waals surface area contributed by atoms with Gasteiger partial charge in [-0.1, -0.05) is 6.07 Å².